The predicted octanol–water partition coefficient (Wildman–Crippen LogP) is 2.78. The van der Waals surface area contributed by atoms with Crippen molar-refractivity contribution in [2.24, 2.45) is 0 Å². The number of likely N-dealkylation sites (tertiary alicyclic amines) is 1. The molecule has 4 heteroatoms. The van der Waals surface area contributed by atoms with E-state index in [9.17, 15) is 4.79 Å². The Morgan fingerprint density at radius 1 is 1.30 bits per heavy atom. The van der Waals surface area contributed by atoms with Crippen molar-refractivity contribution in [1.82, 2.24) is 10.2 Å². The van der Waals surface area contributed by atoms with Gasteiger partial charge in [-0.1, -0.05) is 39.0 Å². The number of urea groups is 1. The number of hydrogen-bond donors (Lipinski definition) is 1. The van der Waals surface area contributed by atoms with Crippen molar-refractivity contribution in [2.45, 2.75) is 32.6 Å². The molecule has 1 aromatic rings. The number of amides is 2. The Labute approximate surface area is 121 Å². The fourth-order valence-electron chi connectivity index (χ4n) is 2.16. The largest absolute Gasteiger partial charge is 0.491 e. The van der Waals surface area contributed by atoms with Gasteiger partial charge in [0.05, 0.1) is 6.54 Å². The van der Waals surface area contributed by atoms with Crippen molar-refractivity contribution in [2.75, 3.05) is 26.2 Å². The minimum absolute atomic E-state index is 0.0176. The van der Waals surface area contributed by atoms with Crippen molar-refractivity contribution < 1.29 is 9.53 Å². The number of nitrogens with zero attached hydrogens (tertiary/aromatic N) is 1. The monoisotopic (exact) mass is 276 g/mol. The van der Waals surface area contributed by atoms with E-state index in [1.165, 1.54) is 5.56 Å². The van der Waals surface area contributed by atoms with E-state index < -0.39 is 0 Å². The van der Waals surface area contributed by atoms with Crippen molar-refractivity contribution in [3.05, 3.63) is 29.8 Å². The number of benzene rings is 1. The number of ether oxygens (including phenoxy) is 1. The average Bonchev–Trinajstić information content (AvgIpc) is 2.32. The molecule has 110 valence electrons. The first-order valence-electron chi connectivity index (χ1n) is 7.23. The van der Waals surface area contributed by atoms with Gasteiger partial charge in [0.1, 0.15) is 12.4 Å². The molecule has 1 fully saturated rings. The molecule has 0 radical (unpaired) electrons. The Balaban J connectivity index is 1.80. The van der Waals surface area contributed by atoms with Crippen LogP contribution in [0.25, 0.3) is 0 Å². The van der Waals surface area contributed by atoms with Crippen LogP contribution in [0.2, 0.25) is 0 Å². The van der Waals surface area contributed by atoms with E-state index in [1.807, 2.05) is 23.1 Å². The zero-order chi connectivity index (χ0) is 14.6. The molecule has 1 aromatic carbocycles. The van der Waals surface area contributed by atoms with Gasteiger partial charge in [0.15, 0.2) is 0 Å². The average molecular weight is 276 g/mol. The summed E-state index contributed by atoms with van der Waals surface area (Å²) in [4.78, 5) is 13.4. The fourth-order valence-corrected chi connectivity index (χ4v) is 2.16. The lowest BCUT2D eigenvalue weighted by Crippen LogP contribution is -2.48. The smallest absolute Gasteiger partial charge is 0.317 e. The van der Waals surface area contributed by atoms with Gasteiger partial charge in [0.2, 0.25) is 0 Å². The predicted molar refractivity (Wildman–Crippen MR) is 80.2 cm³/mol. The second-order valence-corrected chi connectivity index (χ2v) is 6.17. The molecule has 1 saturated heterocycles. The van der Waals surface area contributed by atoms with E-state index in [4.69, 9.17) is 4.74 Å². The molecule has 0 bridgehead atoms. The Kier molecular flexibility index (Phi) is 4.53. The lowest BCUT2D eigenvalue weighted by molar-refractivity contribution is 0.165. The number of nitrogens with one attached hydrogen (secondary N) is 1. The molecule has 1 heterocycles. The maximum Gasteiger partial charge on any atom is 0.317 e. The normalized spacial score (nSPS) is 14.7. The van der Waals surface area contributed by atoms with Crippen LogP contribution in [0.15, 0.2) is 24.3 Å². The maximum absolute atomic E-state index is 11.6. The summed E-state index contributed by atoms with van der Waals surface area (Å²) in [6.45, 7) is 9.28. The highest BCUT2D eigenvalue weighted by Crippen LogP contribution is 2.30. The molecular weight excluding hydrogens is 252 g/mol. The van der Waals surface area contributed by atoms with E-state index in [1.54, 1.807) is 0 Å². The lowest BCUT2D eigenvalue weighted by Gasteiger charge is -2.30. The number of carbonyl (C=O) groups excluding carboxylic acids is 1. The molecule has 4 nitrogen and oxygen atoms in total. The zero-order valence-electron chi connectivity index (χ0n) is 12.6. The number of hydrogen-bond acceptors (Lipinski definition) is 2. The van der Waals surface area contributed by atoms with Gasteiger partial charge in [0, 0.05) is 13.1 Å². The molecule has 0 aromatic heterocycles. The molecule has 2 rings (SSSR count). The highest BCUT2D eigenvalue weighted by molar-refractivity contribution is 5.74. The Morgan fingerprint density at radius 3 is 2.60 bits per heavy atom. The van der Waals surface area contributed by atoms with Crippen LogP contribution < -0.4 is 10.1 Å². The van der Waals surface area contributed by atoms with Gasteiger partial charge in [-0.25, -0.2) is 4.79 Å². The Hall–Kier alpha value is -1.71. The Bertz CT molecular complexity index is 462. The number of carbonyl (C=O) groups is 1. The van der Waals surface area contributed by atoms with Gasteiger partial charge in [0.25, 0.3) is 0 Å². The minimum atomic E-state index is 0.0176. The summed E-state index contributed by atoms with van der Waals surface area (Å²) in [5.41, 5.74) is 1.24. The standard InChI is InChI=1S/C16H24N2O2/c1-16(2,3)13-7-4-5-8-14(13)20-12-9-17-15(19)18-10-6-11-18/h4-5,7-8H,6,9-12H2,1-3H3,(H,17,19). The molecule has 2 amide bonds. The Morgan fingerprint density at radius 2 is 2.00 bits per heavy atom. The van der Waals surface area contributed by atoms with E-state index in [-0.39, 0.29) is 11.4 Å². The lowest BCUT2D eigenvalue weighted by atomic mass is 9.86. The molecule has 0 spiro atoms. The maximum atomic E-state index is 11.6. The second-order valence-electron chi connectivity index (χ2n) is 6.17. The first-order valence-corrected chi connectivity index (χ1v) is 7.23. The molecule has 0 aliphatic carbocycles. The molecule has 0 saturated carbocycles. The summed E-state index contributed by atoms with van der Waals surface area (Å²) in [7, 11) is 0. The van der Waals surface area contributed by atoms with Gasteiger partial charge in [-0.05, 0) is 23.5 Å². The fraction of sp³-hybridized carbons (Fsp3) is 0.562. The van der Waals surface area contributed by atoms with Crippen molar-refractivity contribution in [1.29, 1.82) is 0 Å². The topological polar surface area (TPSA) is 41.6 Å². The van der Waals surface area contributed by atoms with Crippen LogP contribution in [-0.4, -0.2) is 37.2 Å². The first kappa shape index (κ1) is 14.7. The van der Waals surface area contributed by atoms with Crippen LogP contribution in [0.4, 0.5) is 4.79 Å². The molecule has 20 heavy (non-hydrogen) atoms. The number of para-hydroxylation sites is 1. The van der Waals surface area contributed by atoms with Gasteiger partial charge in [-0.15, -0.1) is 0 Å². The van der Waals surface area contributed by atoms with E-state index in [0.29, 0.717) is 13.2 Å². The second kappa shape index (κ2) is 6.16. The summed E-state index contributed by atoms with van der Waals surface area (Å²) in [5, 5.41) is 2.88. The van der Waals surface area contributed by atoms with Crippen LogP contribution in [-0.2, 0) is 5.41 Å². The van der Waals surface area contributed by atoms with Crippen LogP contribution in [0.3, 0.4) is 0 Å². The highest BCUT2D eigenvalue weighted by Gasteiger charge is 2.20. The van der Waals surface area contributed by atoms with Crippen molar-refractivity contribution in [3.8, 4) is 5.75 Å². The number of rotatable bonds is 4. The third kappa shape index (κ3) is 3.65. The quantitative estimate of drug-likeness (QED) is 0.859. The van der Waals surface area contributed by atoms with Gasteiger partial charge in [-0.3, -0.25) is 0 Å². The van der Waals surface area contributed by atoms with Crippen LogP contribution in [0, 0.1) is 0 Å². The third-order valence-electron chi connectivity index (χ3n) is 3.47. The van der Waals surface area contributed by atoms with Crippen molar-refractivity contribution in [3.63, 3.8) is 0 Å². The minimum Gasteiger partial charge on any atom is -0.491 e. The molecule has 0 atom stereocenters. The third-order valence-corrected chi connectivity index (χ3v) is 3.47. The summed E-state index contributed by atoms with van der Waals surface area (Å²) < 4.78 is 5.81. The van der Waals surface area contributed by atoms with Gasteiger partial charge in [-0.2, -0.15) is 0 Å². The SMILES string of the molecule is CC(C)(C)c1ccccc1OCCNC(=O)N1CCC1. The van der Waals surface area contributed by atoms with Crippen LogP contribution in [0.5, 0.6) is 5.75 Å². The molecule has 1 aliphatic heterocycles. The summed E-state index contributed by atoms with van der Waals surface area (Å²) >= 11 is 0. The summed E-state index contributed by atoms with van der Waals surface area (Å²) in [6.07, 6.45) is 1.11. The first-order chi connectivity index (χ1) is 9.48. The summed E-state index contributed by atoms with van der Waals surface area (Å²) in [6, 6.07) is 8.10. The summed E-state index contributed by atoms with van der Waals surface area (Å²) in [5.74, 6) is 0.901. The molecule has 1 N–H and O–H groups in total. The van der Waals surface area contributed by atoms with E-state index in [2.05, 4.69) is 32.2 Å². The molecule has 0 unspecified atom stereocenters. The van der Waals surface area contributed by atoms with Gasteiger partial charge >= 0.3 is 6.03 Å². The van der Waals surface area contributed by atoms with Crippen LogP contribution >= 0.6 is 0 Å². The van der Waals surface area contributed by atoms with Crippen molar-refractivity contribution >= 4 is 6.03 Å². The molecule has 1 aliphatic rings. The van der Waals surface area contributed by atoms with Gasteiger partial charge < -0.3 is 15.0 Å². The highest BCUT2D eigenvalue weighted by atomic mass is 16.5. The zero-order valence-corrected chi connectivity index (χ0v) is 12.6. The van der Waals surface area contributed by atoms with E-state index in [0.717, 1.165) is 25.3 Å². The molecular formula is C16H24N2O2. The van der Waals surface area contributed by atoms with E-state index >= 15 is 0 Å². The van der Waals surface area contributed by atoms with Crippen LogP contribution in [0.1, 0.15) is 32.8 Å².